The van der Waals surface area contributed by atoms with Gasteiger partial charge >= 0.3 is 5.69 Å². The van der Waals surface area contributed by atoms with Gasteiger partial charge in [0.2, 0.25) is 0 Å². The van der Waals surface area contributed by atoms with Gasteiger partial charge in [0.25, 0.3) is 5.91 Å². The fraction of sp³-hybridized carbons (Fsp3) is 0.409. The van der Waals surface area contributed by atoms with Gasteiger partial charge in [-0.15, -0.1) is 0 Å². The lowest BCUT2D eigenvalue weighted by Crippen LogP contribution is -2.28. The van der Waals surface area contributed by atoms with Crippen molar-refractivity contribution in [2.45, 2.75) is 53.3 Å². The number of hydrogen-bond acceptors (Lipinski definition) is 6. The zero-order chi connectivity index (χ0) is 23.5. The molecule has 3 aromatic rings. The smallest absolute Gasteiger partial charge is 0.312 e. The van der Waals surface area contributed by atoms with Crippen LogP contribution < -0.4 is 10.1 Å². The van der Waals surface area contributed by atoms with Crippen LogP contribution >= 0.6 is 0 Å². The maximum Gasteiger partial charge on any atom is 0.312 e. The van der Waals surface area contributed by atoms with Crippen LogP contribution in [0.25, 0.3) is 0 Å². The van der Waals surface area contributed by atoms with E-state index in [1.165, 1.54) is 14.9 Å². The lowest BCUT2D eigenvalue weighted by Gasteiger charge is -2.19. The van der Waals surface area contributed by atoms with E-state index in [2.05, 4.69) is 36.3 Å². The molecule has 2 aromatic heterocycles. The molecule has 1 N–H and O–H groups in total. The Hall–Kier alpha value is -3.69. The fourth-order valence-corrected chi connectivity index (χ4v) is 3.28. The van der Waals surface area contributed by atoms with Gasteiger partial charge in [0.1, 0.15) is 22.8 Å². The largest absolute Gasteiger partial charge is 0.471 e. The fourth-order valence-electron chi connectivity index (χ4n) is 3.28. The van der Waals surface area contributed by atoms with Gasteiger partial charge < -0.3 is 10.1 Å². The predicted molar refractivity (Wildman–Crippen MR) is 119 cm³/mol. The number of rotatable bonds is 8. The number of benzene rings is 1. The molecule has 3 rings (SSSR count). The third-order valence-electron chi connectivity index (χ3n) is 5.09. The van der Waals surface area contributed by atoms with Crippen molar-refractivity contribution in [1.82, 2.24) is 24.9 Å². The van der Waals surface area contributed by atoms with E-state index in [0.29, 0.717) is 17.9 Å². The van der Waals surface area contributed by atoms with Crippen molar-refractivity contribution < 1.29 is 14.5 Å². The predicted octanol–water partition coefficient (Wildman–Crippen LogP) is 3.37. The quantitative estimate of drug-likeness (QED) is 0.424. The Balaban J connectivity index is 1.50. The highest BCUT2D eigenvalue weighted by Gasteiger charge is 2.21. The summed E-state index contributed by atoms with van der Waals surface area (Å²) < 4.78 is 8.80. The van der Waals surface area contributed by atoms with Crippen LogP contribution in [0.5, 0.6) is 5.75 Å². The summed E-state index contributed by atoms with van der Waals surface area (Å²) in [7, 11) is 0. The van der Waals surface area contributed by atoms with Crippen molar-refractivity contribution in [1.29, 1.82) is 0 Å². The average Bonchev–Trinajstić information content (AvgIpc) is 3.30. The molecular weight excluding hydrogens is 412 g/mol. The number of nitrogens with one attached hydrogen (secondary N) is 1. The lowest BCUT2D eigenvalue weighted by molar-refractivity contribution is -0.386. The van der Waals surface area contributed by atoms with Crippen molar-refractivity contribution in [3.05, 3.63) is 69.3 Å². The molecule has 0 saturated carbocycles. The summed E-state index contributed by atoms with van der Waals surface area (Å²) >= 11 is 0. The molecule has 0 fully saturated rings. The Labute approximate surface area is 186 Å². The molecule has 10 nitrogen and oxygen atoms in total. The second-order valence-corrected chi connectivity index (χ2v) is 8.54. The summed E-state index contributed by atoms with van der Waals surface area (Å²) in [6.07, 6.45) is 1.67. The van der Waals surface area contributed by atoms with Crippen molar-refractivity contribution in [3.63, 3.8) is 0 Å². The number of ether oxygens (including phenoxy) is 1. The minimum Gasteiger partial charge on any atom is -0.471 e. The highest BCUT2D eigenvalue weighted by molar-refractivity contribution is 5.92. The zero-order valence-electron chi connectivity index (χ0n) is 19.0. The highest BCUT2D eigenvalue weighted by Crippen LogP contribution is 2.24. The molecule has 32 heavy (non-hydrogen) atoms. The monoisotopic (exact) mass is 440 g/mol. The van der Waals surface area contributed by atoms with Gasteiger partial charge in [0, 0.05) is 12.7 Å². The molecule has 2 heterocycles. The number of nitro groups is 1. The van der Waals surface area contributed by atoms with Crippen molar-refractivity contribution >= 4 is 11.6 Å². The molecule has 0 radical (unpaired) electrons. The molecule has 1 amide bonds. The Morgan fingerprint density at radius 2 is 1.84 bits per heavy atom. The van der Waals surface area contributed by atoms with E-state index in [-0.39, 0.29) is 36.0 Å². The number of nitrogens with zero attached hydrogens (tertiary/aromatic N) is 5. The summed E-state index contributed by atoms with van der Waals surface area (Å²) in [5.41, 5.74) is 2.37. The van der Waals surface area contributed by atoms with E-state index in [9.17, 15) is 14.9 Å². The number of hydrogen-bond donors (Lipinski definition) is 1. The summed E-state index contributed by atoms with van der Waals surface area (Å²) in [4.78, 5) is 23.0. The van der Waals surface area contributed by atoms with E-state index in [1.54, 1.807) is 26.1 Å². The van der Waals surface area contributed by atoms with Crippen molar-refractivity contribution in [3.8, 4) is 5.75 Å². The van der Waals surface area contributed by atoms with Gasteiger partial charge in [-0.25, -0.2) is 4.68 Å². The molecule has 1 aromatic carbocycles. The molecule has 10 heteroatoms. The highest BCUT2D eigenvalue weighted by atomic mass is 16.6. The molecule has 0 aliphatic rings. The van der Waals surface area contributed by atoms with Crippen molar-refractivity contribution in [2.24, 2.45) is 0 Å². The van der Waals surface area contributed by atoms with Crippen LogP contribution in [0.2, 0.25) is 0 Å². The van der Waals surface area contributed by atoms with E-state index in [0.717, 1.165) is 5.75 Å². The summed E-state index contributed by atoms with van der Waals surface area (Å²) in [6.45, 7) is 10.5. The van der Waals surface area contributed by atoms with Crippen LogP contribution in [0.1, 0.15) is 48.2 Å². The van der Waals surface area contributed by atoms with Crippen molar-refractivity contribution in [2.75, 3.05) is 6.54 Å². The van der Waals surface area contributed by atoms with E-state index < -0.39 is 4.92 Å². The third kappa shape index (κ3) is 5.32. The Morgan fingerprint density at radius 3 is 2.44 bits per heavy atom. The molecule has 0 unspecified atom stereocenters. The van der Waals surface area contributed by atoms with Crippen LogP contribution in [0.15, 0.2) is 36.5 Å². The average molecular weight is 441 g/mol. The molecule has 0 atom stereocenters. The Bertz CT molecular complexity index is 1110. The van der Waals surface area contributed by atoms with Crippen LogP contribution in [0.3, 0.4) is 0 Å². The molecule has 0 saturated heterocycles. The van der Waals surface area contributed by atoms with Gasteiger partial charge in [-0.05, 0) is 43.0 Å². The Kier molecular flexibility index (Phi) is 6.61. The molecule has 0 aliphatic carbocycles. The number of aromatic nitrogens is 4. The van der Waals surface area contributed by atoms with Gasteiger partial charge in [-0.1, -0.05) is 32.9 Å². The molecule has 0 bridgehead atoms. The lowest BCUT2D eigenvalue weighted by atomic mass is 9.87. The van der Waals surface area contributed by atoms with Gasteiger partial charge in [-0.3, -0.25) is 19.6 Å². The first kappa shape index (κ1) is 23.0. The minimum atomic E-state index is -0.444. The number of carbonyl (C=O) groups excluding carboxylic acids is 1. The first-order valence-electron chi connectivity index (χ1n) is 10.3. The van der Waals surface area contributed by atoms with E-state index in [1.807, 2.05) is 24.3 Å². The summed E-state index contributed by atoms with van der Waals surface area (Å²) in [6, 6.07) is 9.51. The number of carbonyl (C=O) groups is 1. The van der Waals surface area contributed by atoms with E-state index >= 15 is 0 Å². The van der Waals surface area contributed by atoms with Crippen LogP contribution in [0.4, 0.5) is 5.69 Å². The topological polar surface area (TPSA) is 117 Å². The van der Waals surface area contributed by atoms with Crippen LogP contribution in [0, 0.1) is 24.0 Å². The molecule has 0 aliphatic heterocycles. The second-order valence-electron chi connectivity index (χ2n) is 8.54. The molecule has 0 spiro atoms. The van der Waals surface area contributed by atoms with Gasteiger partial charge in [0.15, 0.2) is 6.73 Å². The SMILES string of the molecule is Cc1nn(CCNC(=O)c2ccn(COc3ccc(C(C)(C)C)cc3)n2)c(C)c1[N+](=O)[O-]. The standard InChI is InChI=1S/C22H28N6O4/c1-15-20(28(30)31)16(2)27(24-15)13-11-23-21(29)19-10-12-26(25-19)14-32-18-8-6-17(7-9-18)22(3,4)5/h6-10,12H,11,13-14H2,1-5H3,(H,23,29). The number of amides is 1. The number of aryl methyl sites for hydroxylation is 1. The molecule has 170 valence electrons. The summed E-state index contributed by atoms with van der Waals surface area (Å²) in [5.74, 6) is 0.382. The third-order valence-corrected chi connectivity index (χ3v) is 5.09. The van der Waals surface area contributed by atoms with Crippen LogP contribution in [-0.4, -0.2) is 36.9 Å². The second kappa shape index (κ2) is 9.21. The first-order chi connectivity index (χ1) is 15.1. The molecular formula is C22H28N6O4. The Morgan fingerprint density at radius 1 is 1.16 bits per heavy atom. The van der Waals surface area contributed by atoms with E-state index in [4.69, 9.17) is 4.74 Å². The van der Waals surface area contributed by atoms with Gasteiger partial charge in [0.05, 0.1) is 11.5 Å². The maximum atomic E-state index is 12.4. The zero-order valence-corrected chi connectivity index (χ0v) is 19.0. The minimum absolute atomic E-state index is 0.00288. The summed E-state index contributed by atoms with van der Waals surface area (Å²) in [5, 5.41) is 22.2. The van der Waals surface area contributed by atoms with Crippen LogP contribution in [-0.2, 0) is 18.7 Å². The first-order valence-corrected chi connectivity index (χ1v) is 10.3. The normalized spacial score (nSPS) is 11.4. The van der Waals surface area contributed by atoms with Gasteiger partial charge in [-0.2, -0.15) is 10.2 Å². The maximum absolute atomic E-state index is 12.4.